The SMILES string of the molecule is CC(C)CCC(C)NC(=O)CN1CCCN(CCO)CC1. The third-order valence-corrected chi connectivity index (χ3v) is 4.05. The van der Waals surface area contributed by atoms with E-state index < -0.39 is 0 Å². The van der Waals surface area contributed by atoms with Crippen LogP contribution in [0.1, 0.15) is 40.0 Å². The molecule has 0 aromatic carbocycles. The lowest BCUT2D eigenvalue weighted by Gasteiger charge is -2.22. The summed E-state index contributed by atoms with van der Waals surface area (Å²) in [5.74, 6) is 0.828. The van der Waals surface area contributed by atoms with Gasteiger partial charge in [-0.2, -0.15) is 0 Å². The molecular formula is C16H33N3O2. The van der Waals surface area contributed by atoms with Gasteiger partial charge in [0.15, 0.2) is 0 Å². The van der Waals surface area contributed by atoms with Gasteiger partial charge in [0.25, 0.3) is 0 Å². The molecule has 1 saturated heterocycles. The minimum absolute atomic E-state index is 0.141. The van der Waals surface area contributed by atoms with E-state index >= 15 is 0 Å². The zero-order valence-electron chi connectivity index (χ0n) is 14.0. The number of carbonyl (C=O) groups excluding carboxylic acids is 1. The van der Waals surface area contributed by atoms with E-state index in [2.05, 4.69) is 35.9 Å². The number of hydrogen-bond acceptors (Lipinski definition) is 4. The molecule has 1 heterocycles. The number of carbonyl (C=O) groups is 1. The number of nitrogens with zero attached hydrogens (tertiary/aromatic N) is 2. The molecule has 0 aromatic rings. The van der Waals surface area contributed by atoms with Gasteiger partial charge in [-0.1, -0.05) is 13.8 Å². The van der Waals surface area contributed by atoms with Crippen LogP contribution in [0.25, 0.3) is 0 Å². The van der Waals surface area contributed by atoms with Crippen LogP contribution >= 0.6 is 0 Å². The Bertz CT molecular complexity index is 297. The summed E-state index contributed by atoms with van der Waals surface area (Å²) in [4.78, 5) is 16.6. The number of rotatable bonds is 8. The van der Waals surface area contributed by atoms with Crippen LogP contribution in [-0.2, 0) is 4.79 Å². The average Bonchev–Trinajstić information content (AvgIpc) is 2.62. The maximum Gasteiger partial charge on any atom is 0.234 e. The first-order valence-electron chi connectivity index (χ1n) is 8.36. The van der Waals surface area contributed by atoms with Gasteiger partial charge in [0.05, 0.1) is 13.2 Å². The second-order valence-electron chi connectivity index (χ2n) is 6.63. The Morgan fingerprint density at radius 1 is 1.10 bits per heavy atom. The molecule has 5 nitrogen and oxygen atoms in total. The summed E-state index contributed by atoms with van der Waals surface area (Å²) in [5.41, 5.74) is 0. The van der Waals surface area contributed by atoms with Gasteiger partial charge in [0.2, 0.25) is 5.91 Å². The Hall–Kier alpha value is -0.650. The summed E-state index contributed by atoms with van der Waals surface area (Å²) >= 11 is 0. The monoisotopic (exact) mass is 299 g/mol. The molecule has 1 atom stereocenters. The first kappa shape index (κ1) is 18.4. The molecule has 0 radical (unpaired) electrons. The van der Waals surface area contributed by atoms with E-state index in [1.165, 1.54) is 0 Å². The molecule has 0 aromatic heterocycles. The van der Waals surface area contributed by atoms with E-state index in [1.807, 2.05) is 0 Å². The minimum atomic E-state index is 0.141. The van der Waals surface area contributed by atoms with Gasteiger partial charge in [-0.05, 0) is 45.2 Å². The van der Waals surface area contributed by atoms with E-state index in [9.17, 15) is 4.79 Å². The molecule has 0 aliphatic carbocycles. The largest absolute Gasteiger partial charge is 0.395 e. The van der Waals surface area contributed by atoms with Gasteiger partial charge < -0.3 is 10.4 Å². The summed E-state index contributed by atoms with van der Waals surface area (Å²) in [6, 6.07) is 0.262. The highest BCUT2D eigenvalue weighted by Gasteiger charge is 2.17. The van der Waals surface area contributed by atoms with Crippen LogP contribution in [-0.4, -0.2) is 72.7 Å². The van der Waals surface area contributed by atoms with E-state index in [0.717, 1.165) is 52.0 Å². The lowest BCUT2D eigenvalue weighted by Crippen LogP contribution is -2.42. The molecule has 1 rings (SSSR count). The van der Waals surface area contributed by atoms with Crippen molar-refractivity contribution in [1.29, 1.82) is 0 Å². The van der Waals surface area contributed by atoms with Crippen molar-refractivity contribution >= 4 is 5.91 Å². The van der Waals surface area contributed by atoms with Crippen molar-refractivity contribution in [2.75, 3.05) is 45.9 Å². The Balaban J connectivity index is 2.24. The highest BCUT2D eigenvalue weighted by atomic mass is 16.3. The number of hydrogen-bond donors (Lipinski definition) is 2. The van der Waals surface area contributed by atoms with Gasteiger partial charge in [-0.3, -0.25) is 14.6 Å². The molecule has 0 spiro atoms. The van der Waals surface area contributed by atoms with E-state index in [1.54, 1.807) is 0 Å². The third kappa shape index (κ3) is 8.39. The Labute approximate surface area is 129 Å². The van der Waals surface area contributed by atoms with Crippen LogP contribution in [0.5, 0.6) is 0 Å². The van der Waals surface area contributed by atoms with Gasteiger partial charge >= 0.3 is 0 Å². The topological polar surface area (TPSA) is 55.8 Å². The first-order chi connectivity index (χ1) is 10.0. The molecular weight excluding hydrogens is 266 g/mol. The van der Waals surface area contributed by atoms with Crippen molar-refractivity contribution in [2.45, 2.75) is 46.1 Å². The van der Waals surface area contributed by atoms with Crippen LogP contribution in [0, 0.1) is 5.92 Å². The van der Waals surface area contributed by atoms with E-state index in [-0.39, 0.29) is 18.6 Å². The third-order valence-electron chi connectivity index (χ3n) is 4.05. The quantitative estimate of drug-likeness (QED) is 0.700. The van der Waals surface area contributed by atoms with E-state index in [4.69, 9.17) is 5.11 Å². The summed E-state index contributed by atoms with van der Waals surface area (Å²) in [7, 11) is 0. The van der Waals surface area contributed by atoms with Gasteiger partial charge in [-0.25, -0.2) is 0 Å². The van der Waals surface area contributed by atoms with Crippen molar-refractivity contribution in [3.8, 4) is 0 Å². The second kappa shape index (κ2) is 10.1. The first-order valence-corrected chi connectivity index (χ1v) is 8.36. The number of amides is 1. The van der Waals surface area contributed by atoms with Crippen LogP contribution < -0.4 is 5.32 Å². The highest BCUT2D eigenvalue weighted by molar-refractivity contribution is 5.78. The molecule has 0 bridgehead atoms. The second-order valence-corrected chi connectivity index (χ2v) is 6.63. The number of β-amino-alcohol motifs (C(OH)–C–C–N with tert-alkyl or cyclic N) is 1. The molecule has 0 saturated carbocycles. The minimum Gasteiger partial charge on any atom is -0.395 e. The highest BCUT2D eigenvalue weighted by Crippen LogP contribution is 2.07. The molecule has 1 aliphatic rings. The zero-order valence-corrected chi connectivity index (χ0v) is 14.0. The predicted octanol–water partition coefficient (Wildman–Crippen LogP) is 0.927. The van der Waals surface area contributed by atoms with Gasteiger partial charge in [0, 0.05) is 25.7 Å². The molecule has 1 aliphatic heterocycles. The van der Waals surface area contributed by atoms with Crippen molar-refractivity contribution in [1.82, 2.24) is 15.1 Å². The van der Waals surface area contributed by atoms with Crippen LogP contribution in [0.2, 0.25) is 0 Å². The average molecular weight is 299 g/mol. The van der Waals surface area contributed by atoms with Crippen molar-refractivity contribution in [3.05, 3.63) is 0 Å². The molecule has 1 fully saturated rings. The van der Waals surface area contributed by atoms with Gasteiger partial charge in [-0.15, -0.1) is 0 Å². The van der Waals surface area contributed by atoms with Gasteiger partial charge in [0.1, 0.15) is 0 Å². The molecule has 2 N–H and O–H groups in total. The zero-order chi connectivity index (χ0) is 15.7. The molecule has 21 heavy (non-hydrogen) atoms. The lowest BCUT2D eigenvalue weighted by molar-refractivity contribution is -0.122. The fraction of sp³-hybridized carbons (Fsp3) is 0.938. The fourth-order valence-corrected chi connectivity index (χ4v) is 2.73. The van der Waals surface area contributed by atoms with Crippen molar-refractivity contribution in [3.63, 3.8) is 0 Å². The summed E-state index contributed by atoms with van der Waals surface area (Å²) in [6.45, 7) is 11.8. The molecule has 1 unspecified atom stereocenters. The van der Waals surface area contributed by atoms with Crippen LogP contribution in [0.3, 0.4) is 0 Å². The van der Waals surface area contributed by atoms with Crippen molar-refractivity contribution < 1.29 is 9.90 Å². The fourth-order valence-electron chi connectivity index (χ4n) is 2.73. The standard InChI is InChI=1S/C16H33N3O2/c1-14(2)5-6-15(3)17-16(21)13-19-8-4-7-18(9-10-19)11-12-20/h14-15,20H,4-13H2,1-3H3,(H,17,21). The number of aliphatic hydroxyl groups is 1. The number of nitrogens with one attached hydrogen (secondary N) is 1. The predicted molar refractivity (Wildman–Crippen MR) is 86.3 cm³/mol. The maximum absolute atomic E-state index is 12.1. The smallest absolute Gasteiger partial charge is 0.234 e. The summed E-state index contributed by atoms with van der Waals surface area (Å²) in [5, 5.41) is 12.1. The Kier molecular flexibility index (Phi) is 8.88. The Morgan fingerprint density at radius 3 is 2.43 bits per heavy atom. The van der Waals surface area contributed by atoms with Crippen LogP contribution in [0.15, 0.2) is 0 Å². The maximum atomic E-state index is 12.1. The Morgan fingerprint density at radius 2 is 1.76 bits per heavy atom. The van der Waals surface area contributed by atoms with E-state index in [0.29, 0.717) is 12.5 Å². The molecule has 1 amide bonds. The normalized spacial score (nSPS) is 19.5. The lowest BCUT2D eigenvalue weighted by atomic mass is 10.0. The summed E-state index contributed by atoms with van der Waals surface area (Å²) < 4.78 is 0. The number of aliphatic hydroxyl groups excluding tert-OH is 1. The van der Waals surface area contributed by atoms with Crippen molar-refractivity contribution in [2.24, 2.45) is 5.92 Å². The molecule has 124 valence electrons. The summed E-state index contributed by atoms with van der Waals surface area (Å²) in [6.07, 6.45) is 3.27. The molecule has 5 heteroatoms. The van der Waals surface area contributed by atoms with Crippen LogP contribution in [0.4, 0.5) is 0 Å².